The summed E-state index contributed by atoms with van der Waals surface area (Å²) in [6, 6.07) is 99.2. The average molecular weight is 916 g/mol. The number of hydrogen-bond donors (Lipinski definition) is 0. The first-order valence-corrected chi connectivity index (χ1v) is 24.7. The van der Waals surface area contributed by atoms with Crippen molar-refractivity contribution in [1.82, 2.24) is 0 Å². The monoisotopic (exact) mass is 915 g/mol. The van der Waals surface area contributed by atoms with Crippen LogP contribution in [0.3, 0.4) is 0 Å². The van der Waals surface area contributed by atoms with E-state index in [1.54, 1.807) is 0 Å². The predicted molar refractivity (Wildman–Crippen MR) is 306 cm³/mol. The Labute approximate surface area is 417 Å². The highest BCUT2D eigenvalue weighted by molar-refractivity contribution is 6.22. The topological polar surface area (TPSA) is 16.4 Å². The highest BCUT2D eigenvalue weighted by Crippen LogP contribution is 2.46. The fourth-order valence-corrected chi connectivity index (χ4v) is 11.2. The molecule has 13 aromatic carbocycles. The van der Waals surface area contributed by atoms with Gasteiger partial charge in [-0.1, -0.05) is 218 Å². The molecule has 0 amide bonds. The van der Waals surface area contributed by atoms with Crippen molar-refractivity contribution in [1.29, 1.82) is 0 Å². The van der Waals surface area contributed by atoms with Gasteiger partial charge in [0.2, 0.25) is 0 Å². The van der Waals surface area contributed by atoms with E-state index in [0.717, 1.165) is 55.7 Å². The quantitative estimate of drug-likeness (QED) is 0.141. The van der Waals surface area contributed by atoms with Gasteiger partial charge in [-0.15, -0.1) is 0 Å². The van der Waals surface area contributed by atoms with E-state index < -0.39 is 0 Å². The van der Waals surface area contributed by atoms with Crippen molar-refractivity contribution >= 4 is 82.1 Å². The third-order valence-corrected chi connectivity index (χ3v) is 14.7. The van der Waals surface area contributed by atoms with E-state index >= 15 is 0 Å². The maximum Gasteiger partial charge on any atom is 0.143 e. The SMILES string of the molecule is c1ccc(-c2c(-c3ccccc3)c3cc(-c4ccc(N(c5ccc(-c6ccc7c(ccc8ccccc87)c6)cc5)c5ccc(-c6cccc7c6oc6ccccc67)cc5)cc4)ccc3c3ccccc23)cc1. The second kappa shape index (κ2) is 17.2. The molecule has 14 rings (SSSR count). The van der Waals surface area contributed by atoms with Crippen molar-refractivity contribution in [3.05, 3.63) is 273 Å². The molecule has 0 aliphatic heterocycles. The average Bonchev–Trinajstić information content (AvgIpc) is 3.85. The van der Waals surface area contributed by atoms with Gasteiger partial charge in [-0.05, 0) is 148 Å². The molecule has 0 saturated heterocycles. The van der Waals surface area contributed by atoms with E-state index in [4.69, 9.17) is 4.42 Å². The van der Waals surface area contributed by atoms with E-state index in [-0.39, 0.29) is 0 Å². The zero-order valence-corrected chi connectivity index (χ0v) is 39.3. The van der Waals surface area contributed by atoms with Gasteiger partial charge in [0, 0.05) is 33.4 Å². The summed E-state index contributed by atoms with van der Waals surface area (Å²) >= 11 is 0. The molecule has 0 bridgehead atoms. The summed E-state index contributed by atoms with van der Waals surface area (Å²) in [5.41, 5.74) is 16.8. The van der Waals surface area contributed by atoms with Crippen LogP contribution in [0.4, 0.5) is 17.1 Å². The summed E-state index contributed by atoms with van der Waals surface area (Å²) in [4.78, 5) is 2.36. The highest BCUT2D eigenvalue weighted by Gasteiger charge is 2.20. The van der Waals surface area contributed by atoms with Gasteiger partial charge < -0.3 is 9.32 Å². The zero-order chi connectivity index (χ0) is 47.5. The lowest BCUT2D eigenvalue weighted by Crippen LogP contribution is -2.09. The van der Waals surface area contributed by atoms with Gasteiger partial charge in [-0.25, -0.2) is 0 Å². The Morgan fingerprint density at radius 2 is 0.694 bits per heavy atom. The molecule has 0 aliphatic carbocycles. The third-order valence-electron chi connectivity index (χ3n) is 14.7. The summed E-state index contributed by atoms with van der Waals surface area (Å²) in [6.07, 6.45) is 0. The predicted octanol–water partition coefficient (Wildman–Crippen LogP) is 20.0. The van der Waals surface area contributed by atoms with Crippen molar-refractivity contribution in [2.75, 3.05) is 4.90 Å². The Morgan fingerprint density at radius 3 is 1.36 bits per heavy atom. The molecule has 0 spiro atoms. The third kappa shape index (κ3) is 7.03. The summed E-state index contributed by atoms with van der Waals surface area (Å²) in [6.45, 7) is 0. The lowest BCUT2D eigenvalue weighted by molar-refractivity contribution is 0.670. The summed E-state index contributed by atoms with van der Waals surface area (Å²) < 4.78 is 6.48. The minimum absolute atomic E-state index is 0.901. The number of furan rings is 1. The Balaban J connectivity index is 0.874. The molecule has 336 valence electrons. The molecule has 2 nitrogen and oxygen atoms in total. The van der Waals surface area contributed by atoms with E-state index in [9.17, 15) is 0 Å². The van der Waals surface area contributed by atoms with Crippen molar-refractivity contribution in [2.24, 2.45) is 0 Å². The highest BCUT2D eigenvalue weighted by atomic mass is 16.3. The molecule has 0 saturated carbocycles. The molecule has 1 heterocycles. The molecule has 0 atom stereocenters. The second-order valence-corrected chi connectivity index (χ2v) is 18.8. The van der Waals surface area contributed by atoms with Gasteiger partial charge in [0.15, 0.2) is 0 Å². The van der Waals surface area contributed by atoms with Gasteiger partial charge >= 0.3 is 0 Å². The van der Waals surface area contributed by atoms with Crippen LogP contribution in [0.25, 0.3) is 121 Å². The maximum atomic E-state index is 6.48. The summed E-state index contributed by atoms with van der Waals surface area (Å²) in [5, 5.41) is 12.3. The Kier molecular flexibility index (Phi) is 9.89. The van der Waals surface area contributed by atoms with Crippen LogP contribution in [0.5, 0.6) is 0 Å². The van der Waals surface area contributed by atoms with Crippen LogP contribution in [0.1, 0.15) is 0 Å². The summed E-state index contributed by atoms with van der Waals surface area (Å²) in [5.74, 6) is 0. The van der Waals surface area contributed by atoms with Crippen molar-refractivity contribution in [2.45, 2.75) is 0 Å². The van der Waals surface area contributed by atoms with Crippen LogP contribution < -0.4 is 4.90 Å². The molecule has 0 N–H and O–H groups in total. The van der Waals surface area contributed by atoms with Crippen LogP contribution in [-0.2, 0) is 0 Å². The lowest BCUT2D eigenvalue weighted by atomic mass is 9.84. The number of benzene rings is 13. The van der Waals surface area contributed by atoms with E-state index in [1.165, 1.54) is 82.0 Å². The first kappa shape index (κ1) is 41.5. The van der Waals surface area contributed by atoms with E-state index in [2.05, 4.69) is 266 Å². The van der Waals surface area contributed by atoms with Gasteiger partial charge in [0.05, 0.1) is 0 Å². The largest absolute Gasteiger partial charge is 0.455 e. The van der Waals surface area contributed by atoms with Gasteiger partial charge in [0.1, 0.15) is 11.2 Å². The van der Waals surface area contributed by atoms with Crippen LogP contribution in [-0.4, -0.2) is 0 Å². The number of rotatable bonds is 8. The first-order chi connectivity index (χ1) is 35.7. The smallest absolute Gasteiger partial charge is 0.143 e. The normalized spacial score (nSPS) is 11.6. The molecule has 72 heavy (non-hydrogen) atoms. The van der Waals surface area contributed by atoms with Crippen LogP contribution in [0, 0.1) is 0 Å². The van der Waals surface area contributed by atoms with Crippen molar-refractivity contribution in [3.8, 4) is 55.6 Å². The molecular formula is C70H45NO. The summed E-state index contributed by atoms with van der Waals surface area (Å²) in [7, 11) is 0. The molecule has 14 aromatic rings. The number of fused-ring (bicyclic) bond motifs is 9. The molecule has 0 radical (unpaired) electrons. The zero-order valence-electron chi connectivity index (χ0n) is 39.3. The molecule has 2 heteroatoms. The Morgan fingerprint density at radius 1 is 0.236 bits per heavy atom. The van der Waals surface area contributed by atoms with Crippen LogP contribution >= 0.6 is 0 Å². The minimum atomic E-state index is 0.901. The molecule has 0 unspecified atom stereocenters. The van der Waals surface area contributed by atoms with Gasteiger partial charge in [-0.2, -0.15) is 0 Å². The molecule has 0 aliphatic rings. The number of hydrogen-bond acceptors (Lipinski definition) is 2. The van der Waals surface area contributed by atoms with Gasteiger partial charge in [0.25, 0.3) is 0 Å². The van der Waals surface area contributed by atoms with Crippen molar-refractivity contribution < 1.29 is 4.42 Å². The fraction of sp³-hybridized carbons (Fsp3) is 0. The standard InChI is InChI=1S/C70H45NO/c1-3-15-50(16-4-1)68-64-22-10-9-20-61(64)62-43-35-53(45-66(62)69(68)51-17-5-2-6-18-51)47-30-38-56(39-31-47)71(57-40-32-49(33-41-57)60-23-13-24-65-63-21-11-12-25-67(63)72-70(60)65)55-36-28-46(29-37-55)52-34-42-59-54(44-52)27-26-48-14-7-8-19-58(48)59/h1-45H. The van der Waals surface area contributed by atoms with Crippen LogP contribution in [0.2, 0.25) is 0 Å². The maximum absolute atomic E-state index is 6.48. The van der Waals surface area contributed by atoms with Gasteiger partial charge in [-0.3, -0.25) is 0 Å². The molecule has 1 aromatic heterocycles. The Bertz CT molecular complexity index is 4340. The second-order valence-electron chi connectivity index (χ2n) is 18.8. The fourth-order valence-electron chi connectivity index (χ4n) is 11.2. The van der Waals surface area contributed by atoms with Crippen molar-refractivity contribution in [3.63, 3.8) is 0 Å². The van der Waals surface area contributed by atoms with E-state index in [1.807, 2.05) is 12.1 Å². The first-order valence-electron chi connectivity index (χ1n) is 24.7. The number of anilines is 3. The number of nitrogens with zero attached hydrogens (tertiary/aromatic N) is 1. The molecule has 0 fully saturated rings. The lowest BCUT2D eigenvalue weighted by Gasteiger charge is -2.26. The molecular weight excluding hydrogens is 871 g/mol. The minimum Gasteiger partial charge on any atom is -0.455 e. The Hall–Kier alpha value is -9.50. The van der Waals surface area contributed by atoms with E-state index in [0.29, 0.717) is 0 Å². The number of para-hydroxylation sites is 2. The van der Waals surface area contributed by atoms with Crippen LogP contribution in [0.15, 0.2) is 277 Å².